The summed E-state index contributed by atoms with van der Waals surface area (Å²) >= 11 is 0. The van der Waals surface area contributed by atoms with Crippen LogP contribution in [0.3, 0.4) is 0 Å². The second kappa shape index (κ2) is 16.9. The lowest BCUT2D eigenvalue weighted by molar-refractivity contribution is -0.144. The van der Waals surface area contributed by atoms with Crippen LogP contribution in [0.4, 0.5) is 4.79 Å². The van der Waals surface area contributed by atoms with E-state index in [1.165, 1.54) is 40.3 Å². The second-order valence-electron chi connectivity index (χ2n) is 13.2. The Bertz CT molecular complexity index is 2020. The molecule has 7 rings (SSSR count). The average molecular weight is 712 g/mol. The molecule has 270 valence electrons. The molecule has 0 fully saturated rings. The quantitative estimate of drug-likeness (QED) is 0.111. The molecule has 1 atom stereocenters. The number of carbonyl (C=O) groups is 4. The van der Waals surface area contributed by atoms with Crippen LogP contribution in [-0.4, -0.2) is 54.0 Å². The highest BCUT2D eigenvalue weighted by Gasteiger charge is 2.30. The zero-order valence-corrected chi connectivity index (χ0v) is 29.4. The molecule has 2 aliphatic rings. The highest BCUT2D eigenvalue weighted by atomic mass is 16.5. The Morgan fingerprint density at radius 3 is 1.45 bits per heavy atom. The molecule has 0 unspecified atom stereocenters. The molecule has 9 heteroatoms. The third kappa shape index (κ3) is 8.81. The van der Waals surface area contributed by atoms with E-state index in [0.29, 0.717) is 19.4 Å². The van der Waals surface area contributed by atoms with Crippen molar-refractivity contribution in [1.29, 1.82) is 0 Å². The van der Waals surface area contributed by atoms with Gasteiger partial charge in [0, 0.05) is 24.8 Å². The summed E-state index contributed by atoms with van der Waals surface area (Å²) in [6.07, 6.45) is 0.287. The van der Waals surface area contributed by atoms with Crippen LogP contribution in [0, 0.1) is 5.92 Å². The number of ether oxygens (including phenoxy) is 2. The first-order chi connectivity index (χ1) is 25.7. The number of nitrogens with one attached hydrogen (secondary N) is 1. The van der Waals surface area contributed by atoms with Crippen molar-refractivity contribution in [2.45, 2.75) is 38.0 Å². The van der Waals surface area contributed by atoms with Crippen molar-refractivity contribution < 1.29 is 38.9 Å². The highest BCUT2D eigenvalue weighted by molar-refractivity contribution is 5.80. The van der Waals surface area contributed by atoms with Crippen LogP contribution in [-0.2, 0) is 36.7 Å². The summed E-state index contributed by atoms with van der Waals surface area (Å²) in [4.78, 5) is 45.6. The standard InChI is InChI=1S/C25H22O4.C19H19NO4/c26-24(27)15-18-11-9-17(10-12-18)13-14-25(28)29-16-23-21-7-3-1-5-19(21)20-6-2-4-8-22(20)23;1-12(18(21)22)10-20-19(23)24-11-17-15-8-4-2-6-13(15)14-7-3-5-9-16(14)17/h1-12,23H,13-16H2,(H,26,27);2-9,12,17H,10-11H2,1H3,(H,20,23)(H,21,22)/t;12-/m.0/s1. The van der Waals surface area contributed by atoms with Gasteiger partial charge in [0.2, 0.25) is 0 Å². The number of carboxylic acid groups (broad SMARTS) is 2. The Kier molecular flexibility index (Phi) is 11.6. The number of esters is 1. The van der Waals surface area contributed by atoms with Gasteiger partial charge in [-0.25, -0.2) is 4.79 Å². The molecule has 53 heavy (non-hydrogen) atoms. The van der Waals surface area contributed by atoms with Gasteiger partial charge < -0.3 is 25.0 Å². The monoisotopic (exact) mass is 711 g/mol. The number of hydrogen-bond donors (Lipinski definition) is 3. The summed E-state index contributed by atoms with van der Waals surface area (Å²) in [6.45, 7) is 2.14. The van der Waals surface area contributed by atoms with Crippen molar-refractivity contribution >= 4 is 24.0 Å². The van der Waals surface area contributed by atoms with Gasteiger partial charge in [-0.3, -0.25) is 14.4 Å². The molecule has 0 radical (unpaired) electrons. The zero-order valence-electron chi connectivity index (χ0n) is 29.4. The Balaban J connectivity index is 0.000000185. The van der Waals surface area contributed by atoms with Gasteiger partial charge in [-0.05, 0) is 62.1 Å². The van der Waals surface area contributed by atoms with E-state index in [9.17, 15) is 19.2 Å². The Morgan fingerprint density at radius 2 is 1.02 bits per heavy atom. The predicted octanol–water partition coefficient (Wildman–Crippen LogP) is 7.85. The summed E-state index contributed by atoms with van der Waals surface area (Å²) < 4.78 is 10.9. The van der Waals surface area contributed by atoms with Crippen LogP contribution in [0.15, 0.2) is 121 Å². The van der Waals surface area contributed by atoms with Gasteiger partial charge in [-0.1, -0.05) is 128 Å². The average Bonchev–Trinajstić information content (AvgIpc) is 3.67. The molecular formula is C44H41NO8. The second-order valence-corrected chi connectivity index (χ2v) is 13.2. The van der Waals surface area contributed by atoms with Crippen molar-refractivity contribution in [3.63, 3.8) is 0 Å². The van der Waals surface area contributed by atoms with E-state index in [1.807, 2.05) is 72.8 Å². The summed E-state index contributed by atoms with van der Waals surface area (Å²) in [5.41, 5.74) is 11.2. The van der Waals surface area contributed by atoms with E-state index in [4.69, 9.17) is 19.7 Å². The van der Waals surface area contributed by atoms with E-state index in [0.717, 1.165) is 22.3 Å². The first kappa shape index (κ1) is 36.6. The van der Waals surface area contributed by atoms with Gasteiger partial charge in [0.15, 0.2) is 0 Å². The molecule has 0 aliphatic heterocycles. The van der Waals surface area contributed by atoms with Crippen LogP contribution in [0.25, 0.3) is 22.3 Å². The van der Waals surface area contributed by atoms with E-state index in [-0.39, 0.29) is 37.4 Å². The summed E-state index contributed by atoms with van der Waals surface area (Å²) in [5.74, 6) is -2.60. The van der Waals surface area contributed by atoms with Crippen LogP contribution < -0.4 is 5.32 Å². The third-order valence-electron chi connectivity index (χ3n) is 9.69. The van der Waals surface area contributed by atoms with Gasteiger partial charge in [0.05, 0.1) is 12.3 Å². The topological polar surface area (TPSA) is 139 Å². The van der Waals surface area contributed by atoms with Gasteiger partial charge >= 0.3 is 24.0 Å². The molecule has 2 aliphatic carbocycles. The lowest BCUT2D eigenvalue weighted by Crippen LogP contribution is -2.32. The molecule has 0 saturated heterocycles. The lowest BCUT2D eigenvalue weighted by Gasteiger charge is -2.15. The van der Waals surface area contributed by atoms with E-state index in [2.05, 4.69) is 41.7 Å². The van der Waals surface area contributed by atoms with Gasteiger partial charge in [-0.2, -0.15) is 0 Å². The molecule has 0 spiro atoms. The molecule has 1 amide bonds. The number of hydrogen-bond acceptors (Lipinski definition) is 6. The van der Waals surface area contributed by atoms with Crippen molar-refractivity contribution in [2.24, 2.45) is 5.92 Å². The lowest BCUT2D eigenvalue weighted by atomic mass is 9.98. The number of rotatable bonds is 12. The summed E-state index contributed by atoms with van der Waals surface area (Å²) in [5, 5.41) is 20.1. The fourth-order valence-corrected chi connectivity index (χ4v) is 6.91. The largest absolute Gasteiger partial charge is 0.481 e. The minimum absolute atomic E-state index is 0.0000437. The summed E-state index contributed by atoms with van der Waals surface area (Å²) in [6, 6.07) is 40.1. The fourth-order valence-electron chi connectivity index (χ4n) is 6.91. The van der Waals surface area contributed by atoms with E-state index >= 15 is 0 Å². The van der Waals surface area contributed by atoms with E-state index < -0.39 is 23.9 Å². The number of carbonyl (C=O) groups excluding carboxylic acids is 2. The molecule has 0 saturated carbocycles. The van der Waals surface area contributed by atoms with Gasteiger partial charge in [0.1, 0.15) is 13.2 Å². The molecule has 5 aromatic carbocycles. The van der Waals surface area contributed by atoms with Gasteiger partial charge in [-0.15, -0.1) is 0 Å². The van der Waals surface area contributed by atoms with Crippen molar-refractivity contribution in [1.82, 2.24) is 5.32 Å². The molecule has 3 N–H and O–H groups in total. The van der Waals surface area contributed by atoms with Crippen molar-refractivity contribution in [3.05, 3.63) is 155 Å². The summed E-state index contributed by atoms with van der Waals surface area (Å²) in [7, 11) is 0. The fraction of sp³-hybridized carbons (Fsp3) is 0.227. The maximum absolute atomic E-state index is 12.3. The number of benzene rings is 5. The Labute approximate surface area is 308 Å². The number of aryl methyl sites for hydroxylation is 1. The molecule has 0 bridgehead atoms. The SMILES string of the molecule is C[C@@H](CNC(=O)OCC1c2ccccc2-c2ccccc21)C(=O)O.O=C(O)Cc1ccc(CCC(=O)OCC2c3ccccc3-c3ccccc32)cc1. The highest BCUT2D eigenvalue weighted by Crippen LogP contribution is 2.45. The minimum atomic E-state index is -0.950. The van der Waals surface area contributed by atoms with Crippen LogP contribution in [0.5, 0.6) is 0 Å². The Hall–Kier alpha value is -6.22. The maximum Gasteiger partial charge on any atom is 0.407 e. The molecular weight excluding hydrogens is 670 g/mol. The van der Waals surface area contributed by atoms with Crippen molar-refractivity contribution in [3.8, 4) is 22.3 Å². The maximum atomic E-state index is 12.3. The third-order valence-corrected chi connectivity index (χ3v) is 9.69. The zero-order chi connectivity index (χ0) is 37.3. The first-order valence-corrected chi connectivity index (χ1v) is 17.6. The molecule has 0 aromatic heterocycles. The van der Waals surface area contributed by atoms with Crippen LogP contribution >= 0.6 is 0 Å². The number of fused-ring (bicyclic) bond motifs is 6. The minimum Gasteiger partial charge on any atom is -0.481 e. The number of aliphatic carboxylic acids is 2. The van der Waals surface area contributed by atoms with Gasteiger partial charge in [0.25, 0.3) is 0 Å². The van der Waals surface area contributed by atoms with Crippen LogP contribution in [0.1, 0.15) is 58.6 Å². The number of alkyl carbamates (subject to hydrolysis) is 1. The predicted molar refractivity (Wildman–Crippen MR) is 201 cm³/mol. The molecule has 9 nitrogen and oxygen atoms in total. The normalized spacial score (nSPS) is 12.9. The number of carboxylic acids is 2. The number of amides is 1. The Morgan fingerprint density at radius 1 is 0.604 bits per heavy atom. The van der Waals surface area contributed by atoms with E-state index in [1.54, 1.807) is 12.1 Å². The molecule has 0 heterocycles. The smallest absolute Gasteiger partial charge is 0.407 e. The first-order valence-electron chi connectivity index (χ1n) is 17.6. The van der Waals surface area contributed by atoms with Crippen LogP contribution in [0.2, 0.25) is 0 Å². The molecule has 5 aromatic rings. The van der Waals surface area contributed by atoms with Crippen molar-refractivity contribution in [2.75, 3.05) is 19.8 Å².